The van der Waals surface area contributed by atoms with Gasteiger partial charge in [0.15, 0.2) is 5.75 Å². The SMILES string of the molecule is CC(=O)N(CCN)n1cccc(O)c1=O. The number of hydrogen-bond acceptors (Lipinski definition) is 4. The molecule has 0 bridgehead atoms. The molecule has 15 heavy (non-hydrogen) atoms. The van der Waals surface area contributed by atoms with Gasteiger partial charge in [0, 0.05) is 19.7 Å². The Labute approximate surface area is 86.5 Å². The molecule has 0 aromatic carbocycles. The van der Waals surface area contributed by atoms with Crippen molar-refractivity contribution in [3.8, 4) is 5.75 Å². The molecule has 82 valence electrons. The van der Waals surface area contributed by atoms with E-state index >= 15 is 0 Å². The average molecular weight is 211 g/mol. The summed E-state index contributed by atoms with van der Waals surface area (Å²) in [5.41, 5.74) is 4.68. The summed E-state index contributed by atoms with van der Waals surface area (Å²) in [7, 11) is 0. The fourth-order valence-corrected chi connectivity index (χ4v) is 1.20. The summed E-state index contributed by atoms with van der Waals surface area (Å²) in [5.74, 6) is -0.714. The lowest BCUT2D eigenvalue weighted by Gasteiger charge is -2.21. The summed E-state index contributed by atoms with van der Waals surface area (Å²) in [6.07, 6.45) is 1.40. The highest BCUT2D eigenvalue weighted by atomic mass is 16.3. The molecule has 0 fully saturated rings. The molecule has 0 aliphatic carbocycles. The van der Waals surface area contributed by atoms with Gasteiger partial charge < -0.3 is 10.8 Å². The van der Waals surface area contributed by atoms with Crippen LogP contribution in [0.4, 0.5) is 0 Å². The lowest BCUT2D eigenvalue weighted by molar-refractivity contribution is -0.118. The number of hydrogen-bond donors (Lipinski definition) is 2. The Kier molecular flexibility index (Phi) is 3.46. The molecule has 1 amide bonds. The van der Waals surface area contributed by atoms with E-state index in [0.29, 0.717) is 0 Å². The summed E-state index contributed by atoms with van der Waals surface area (Å²) in [4.78, 5) is 22.7. The number of nitrogens with zero attached hydrogens (tertiary/aromatic N) is 2. The predicted molar refractivity (Wildman–Crippen MR) is 55.2 cm³/mol. The summed E-state index contributed by atoms with van der Waals surface area (Å²) < 4.78 is 1.05. The Bertz CT molecular complexity index is 413. The maximum absolute atomic E-state index is 11.5. The van der Waals surface area contributed by atoms with Crippen molar-refractivity contribution in [3.63, 3.8) is 0 Å². The predicted octanol–water partition coefficient (Wildman–Crippen LogP) is -1.00. The van der Waals surface area contributed by atoms with E-state index in [-0.39, 0.29) is 19.0 Å². The highest BCUT2D eigenvalue weighted by molar-refractivity contribution is 5.83. The van der Waals surface area contributed by atoms with Gasteiger partial charge in [0.05, 0.1) is 6.54 Å². The molecule has 0 atom stereocenters. The molecule has 0 saturated carbocycles. The van der Waals surface area contributed by atoms with Gasteiger partial charge in [-0.1, -0.05) is 0 Å². The van der Waals surface area contributed by atoms with Crippen LogP contribution < -0.4 is 16.3 Å². The van der Waals surface area contributed by atoms with Crippen molar-refractivity contribution in [1.82, 2.24) is 4.68 Å². The highest BCUT2D eigenvalue weighted by Gasteiger charge is 2.12. The second-order valence-electron chi connectivity index (χ2n) is 2.97. The van der Waals surface area contributed by atoms with Gasteiger partial charge >= 0.3 is 5.56 Å². The number of carbonyl (C=O) groups excluding carboxylic acids is 1. The van der Waals surface area contributed by atoms with E-state index in [9.17, 15) is 14.7 Å². The van der Waals surface area contributed by atoms with Crippen LogP contribution in [0.25, 0.3) is 0 Å². The molecule has 0 aliphatic rings. The Morgan fingerprint density at radius 1 is 1.67 bits per heavy atom. The maximum atomic E-state index is 11.5. The van der Waals surface area contributed by atoms with E-state index in [1.807, 2.05) is 0 Å². The van der Waals surface area contributed by atoms with E-state index in [0.717, 1.165) is 4.68 Å². The number of amides is 1. The minimum atomic E-state index is -0.638. The fourth-order valence-electron chi connectivity index (χ4n) is 1.20. The first kappa shape index (κ1) is 11.3. The fraction of sp³-hybridized carbons (Fsp3) is 0.333. The summed E-state index contributed by atoms with van der Waals surface area (Å²) in [5, 5.41) is 10.4. The molecule has 6 nitrogen and oxygen atoms in total. The Morgan fingerprint density at radius 3 is 2.87 bits per heavy atom. The van der Waals surface area contributed by atoms with Crippen LogP contribution in [0.1, 0.15) is 6.92 Å². The van der Waals surface area contributed by atoms with Crippen molar-refractivity contribution in [1.29, 1.82) is 0 Å². The first-order chi connectivity index (χ1) is 7.07. The van der Waals surface area contributed by atoms with Crippen LogP contribution in [0, 0.1) is 0 Å². The molecule has 0 saturated heterocycles. The van der Waals surface area contributed by atoms with Gasteiger partial charge in [0.2, 0.25) is 5.91 Å². The zero-order chi connectivity index (χ0) is 11.4. The molecule has 0 aliphatic heterocycles. The van der Waals surface area contributed by atoms with Gasteiger partial charge in [-0.3, -0.25) is 9.59 Å². The van der Waals surface area contributed by atoms with E-state index in [1.54, 1.807) is 0 Å². The number of pyridine rings is 1. The first-order valence-electron chi connectivity index (χ1n) is 4.47. The van der Waals surface area contributed by atoms with Crippen LogP contribution in [-0.4, -0.2) is 28.8 Å². The average Bonchev–Trinajstić information content (AvgIpc) is 2.19. The van der Waals surface area contributed by atoms with E-state index in [2.05, 4.69) is 0 Å². The minimum absolute atomic E-state index is 0.221. The number of carbonyl (C=O) groups is 1. The minimum Gasteiger partial charge on any atom is -0.503 e. The maximum Gasteiger partial charge on any atom is 0.311 e. The van der Waals surface area contributed by atoms with Crippen molar-refractivity contribution < 1.29 is 9.90 Å². The molecule has 1 rings (SSSR count). The van der Waals surface area contributed by atoms with E-state index < -0.39 is 11.3 Å². The van der Waals surface area contributed by atoms with Crippen LogP contribution in [0.5, 0.6) is 5.75 Å². The summed E-state index contributed by atoms with van der Waals surface area (Å²) in [6.45, 7) is 1.78. The second kappa shape index (κ2) is 4.61. The molecule has 6 heteroatoms. The largest absolute Gasteiger partial charge is 0.503 e. The number of aromatic hydroxyl groups is 1. The van der Waals surface area contributed by atoms with Crippen LogP contribution in [0.2, 0.25) is 0 Å². The third-order valence-electron chi connectivity index (χ3n) is 1.87. The van der Waals surface area contributed by atoms with Crippen molar-refractivity contribution in [2.24, 2.45) is 5.73 Å². The van der Waals surface area contributed by atoms with E-state index in [4.69, 9.17) is 5.73 Å². The van der Waals surface area contributed by atoms with Crippen LogP contribution in [0.15, 0.2) is 23.1 Å². The standard InChI is InChI=1S/C9H13N3O3/c1-7(13)11(6-4-10)12-5-2-3-8(14)9(12)15/h2-3,5,14H,4,6,10H2,1H3. The smallest absolute Gasteiger partial charge is 0.311 e. The Hall–Kier alpha value is -1.82. The van der Waals surface area contributed by atoms with Crippen LogP contribution in [0.3, 0.4) is 0 Å². The molecule has 0 spiro atoms. The van der Waals surface area contributed by atoms with Gasteiger partial charge in [-0.2, -0.15) is 0 Å². The molecule has 3 N–H and O–H groups in total. The number of aromatic nitrogens is 1. The van der Waals surface area contributed by atoms with Crippen molar-refractivity contribution in [3.05, 3.63) is 28.7 Å². The monoisotopic (exact) mass is 211 g/mol. The molecule has 1 heterocycles. The zero-order valence-corrected chi connectivity index (χ0v) is 8.38. The van der Waals surface area contributed by atoms with Gasteiger partial charge in [-0.15, -0.1) is 0 Å². The topological polar surface area (TPSA) is 88.6 Å². The third kappa shape index (κ3) is 2.35. The van der Waals surface area contributed by atoms with Crippen LogP contribution in [-0.2, 0) is 4.79 Å². The van der Waals surface area contributed by atoms with E-state index in [1.165, 1.54) is 30.3 Å². The lowest BCUT2D eigenvalue weighted by atomic mass is 10.4. The second-order valence-corrected chi connectivity index (χ2v) is 2.97. The van der Waals surface area contributed by atoms with Crippen molar-refractivity contribution in [2.75, 3.05) is 18.1 Å². The Morgan fingerprint density at radius 2 is 2.33 bits per heavy atom. The van der Waals surface area contributed by atoms with Crippen molar-refractivity contribution in [2.45, 2.75) is 6.92 Å². The molecular formula is C9H13N3O3. The zero-order valence-electron chi connectivity index (χ0n) is 8.38. The van der Waals surface area contributed by atoms with Gasteiger partial charge in [0.25, 0.3) is 0 Å². The highest BCUT2D eigenvalue weighted by Crippen LogP contribution is 1.98. The van der Waals surface area contributed by atoms with Crippen molar-refractivity contribution >= 4 is 5.91 Å². The molecule has 1 aromatic heterocycles. The van der Waals surface area contributed by atoms with Gasteiger partial charge in [-0.05, 0) is 12.1 Å². The van der Waals surface area contributed by atoms with Gasteiger partial charge in [0.1, 0.15) is 0 Å². The molecule has 0 radical (unpaired) electrons. The third-order valence-corrected chi connectivity index (χ3v) is 1.87. The quantitative estimate of drug-likeness (QED) is 0.671. The molecular weight excluding hydrogens is 198 g/mol. The number of rotatable bonds is 3. The van der Waals surface area contributed by atoms with Crippen LogP contribution >= 0.6 is 0 Å². The molecule has 0 unspecified atom stereocenters. The molecule has 1 aromatic rings. The first-order valence-corrected chi connectivity index (χ1v) is 4.47. The lowest BCUT2D eigenvalue weighted by Crippen LogP contribution is -2.47. The Balaban J connectivity index is 3.17. The summed E-state index contributed by atoms with van der Waals surface area (Å²) >= 11 is 0. The normalized spacial score (nSPS) is 10.0. The number of nitrogens with two attached hydrogens (primary N) is 1. The van der Waals surface area contributed by atoms with Gasteiger partial charge in [-0.25, -0.2) is 9.69 Å². The summed E-state index contributed by atoms with van der Waals surface area (Å²) in [6, 6.07) is 2.74.